The van der Waals surface area contributed by atoms with Crippen LogP contribution in [0.3, 0.4) is 0 Å². The van der Waals surface area contributed by atoms with E-state index in [1.807, 2.05) is 48.5 Å². The molecule has 2 N–H and O–H groups in total. The zero-order chi connectivity index (χ0) is 21.0. The fourth-order valence-electron chi connectivity index (χ4n) is 4.36. The number of nitrogens with zero attached hydrogens (tertiary/aromatic N) is 4. The maximum Gasteiger partial charge on any atom is 0.247 e. The van der Waals surface area contributed by atoms with Crippen LogP contribution in [0.2, 0.25) is 0 Å². The number of nitrogens with one attached hydrogen (secondary N) is 1. The van der Waals surface area contributed by atoms with Gasteiger partial charge in [0.15, 0.2) is 5.65 Å². The minimum Gasteiger partial charge on any atom is -0.387 e. The van der Waals surface area contributed by atoms with Crippen molar-refractivity contribution in [1.82, 2.24) is 19.5 Å². The molecule has 2 aromatic carbocycles. The second-order valence-electron chi connectivity index (χ2n) is 8.19. The number of anilines is 2. The van der Waals surface area contributed by atoms with Crippen LogP contribution < -0.4 is 5.32 Å². The first-order valence-corrected chi connectivity index (χ1v) is 10.9. The Kier molecular flexibility index (Phi) is 5.65. The van der Waals surface area contributed by atoms with Gasteiger partial charge in [0.05, 0.1) is 11.8 Å². The molecule has 31 heavy (non-hydrogen) atoms. The molecule has 6 heteroatoms. The molecule has 0 radical (unpaired) electrons. The summed E-state index contributed by atoms with van der Waals surface area (Å²) in [6.07, 6.45) is 1.37. The van der Waals surface area contributed by atoms with E-state index in [-0.39, 0.29) is 5.92 Å². The highest BCUT2D eigenvalue weighted by molar-refractivity contribution is 5.55. The van der Waals surface area contributed by atoms with Gasteiger partial charge in [-0.15, -0.1) is 5.10 Å². The van der Waals surface area contributed by atoms with Crippen LogP contribution in [0.25, 0.3) is 5.65 Å². The first-order valence-electron chi connectivity index (χ1n) is 10.9. The minimum absolute atomic E-state index is 0.215. The maximum atomic E-state index is 11.2. The predicted molar refractivity (Wildman–Crippen MR) is 122 cm³/mol. The third-order valence-corrected chi connectivity index (χ3v) is 6.05. The van der Waals surface area contributed by atoms with Gasteiger partial charge in [-0.3, -0.25) is 4.90 Å². The first kappa shape index (κ1) is 19.7. The number of benzene rings is 2. The van der Waals surface area contributed by atoms with E-state index in [1.165, 1.54) is 5.56 Å². The molecule has 0 aliphatic carbocycles. The molecule has 6 nitrogen and oxygen atoms in total. The molecule has 0 amide bonds. The Morgan fingerprint density at radius 3 is 2.35 bits per heavy atom. The topological polar surface area (TPSA) is 65.7 Å². The SMILES string of the molecule is OC(c1cccc2nc(Nc3ccccc3)nn12)C1CCN(Cc2ccccc2)CC1. The van der Waals surface area contributed by atoms with Gasteiger partial charge >= 0.3 is 0 Å². The lowest BCUT2D eigenvalue weighted by molar-refractivity contribution is 0.0526. The summed E-state index contributed by atoms with van der Waals surface area (Å²) < 4.78 is 1.77. The van der Waals surface area contributed by atoms with Crippen molar-refractivity contribution in [2.24, 2.45) is 5.92 Å². The van der Waals surface area contributed by atoms with Crippen LogP contribution in [0.15, 0.2) is 78.9 Å². The number of piperidine rings is 1. The van der Waals surface area contributed by atoms with E-state index in [2.05, 4.69) is 50.6 Å². The van der Waals surface area contributed by atoms with Gasteiger partial charge in [0.2, 0.25) is 5.95 Å². The summed E-state index contributed by atoms with van der Waals surface area (Å²) in [6, 6.07) is 26.3. The number of pyridine rings is 1. The van der Waals surface area contributed by atoms with Crippen molar-refractivity contribution >= 4 is 17.3 Å². The number of aromatic nitrogens is 3. The molecule has 1 unspecified atom stereocenters. The summed E-state index contributed by atoms with van der Waals surface area (Å²) >= 11 is 0. The van der Waals surface area contributed by atoms with Crippen LogP contribution in [0.5, 0.6) is 0 Å². The van der Waals surface area contributed by atoms with Gasteiger partial charge in [-0.05, 0) is 61.7 Å². The molecule has 5 rings (SSSR count). The zero-order valence-electron chi connectivity index (χ0n) is 17.4. The van der Waals surface area contributed by atoms with E-state index < -0.39 is 6.10 Å². The molecule has 1 atom stereocenters. The summed E-state index contributed by atoms with van der Waals surface area (Å²) in [5, 5.41) is 19.0. The summed E-state index contributed by atoms with van der Waals surface area (Å²) in [5.41, 5.74) is 3.81. The van der Waals surface area contributed by atoms with Crippen LogP contribution in [0.1, 0.15) is 30.2 Å². The van der Waals surface area contributed by atoms with Gasteiger partial charge < -0.3 is 10.4 Å². The van der Waals surface area contributed by atoms with Crippen molar-refractivity contribution in [2.75, 3.05) is 18.4 Å². The number of hydrogen-bond donors (Lipinski definition) is 2. The number of para-hydroxylation sites is 1. The third kappa shape index (κ3) is 4.45. The van der Waals surface area contributed by atoms with Gasteiger partial charge in [-0.25, -0.2) is 4.52 Å². The second kappa shape index (κ2) is 8.88. The highest BCUT2D eigenvalue weighted by atomic mass is 16.3. The zero-order valence-corrected chi connectivity index (χ0v) is 17.4. The average molecular weight is 414 g/mol. The number of aliphatic hydroxyl groups is 1. The largest absolute Gasteiger partial charge is 0.387 e. The Balaban J connectivity index is 1.28. The van der Waals surface area contributed by atoms with Crippen molar-refractivity contribution < 1.29 is 5.11 Å². The molecule has 0 spiro atoms. The van der Waals surface area contributed by atoms with Crippen LogP contribution in [-0.2, 0) is 6.54 Å². The molecule has 1 fully saturated rings. The molecular formula is C25H27N5O. The Bertz CT molecular complexity index is 1120. The molecule has 4 aromatic rings. The Morgan fingerprint density at radius 1 is 0.903 bits per heavy atom. The standard InChI is InChI=1S/C25H27N5O/c31-24(20-14-16-29(17-15-20)18-19-8-3-1-4-9-19)22-12-7-13-23-27-25(28-30(22)23)26-21-10-5-2-6-11-21/h1-13,20,24,31H,14-18H2,(H,26,28). The number of likely N-dealkylation sites (tertiary alicyclic amines) is 1. The van der Waals surface area contributed by atoms with Crippen molar-refractivity contribution in [3.05, 3.63) is 90.1 Å². The fraction of sp³-hybridized carbons (Fsp3) is 0.280. The number of hydrogen-bond acceptors (Lipinski definition) is 5. The van der Waals surface area contributed by atoms with E-state index in [4.69, 9.17) is 0 Å². The lowest BCUT2D eigenvalue weighted by Crippen LogP contribution is -2.35. The molecule has 1 aliphatic heterocycles. The van der Waals surface area contributed by atoms with E-state index >= 15 is 0 Å². The molecule has 0 saturated carbocycles. The second-order valence-corrected chi connectivity index (χ2v) is 8.19. The first-order chi connectivity index (χ1) is 15.3. The maximum absolute atomic E-state index is 11.2. The molecule has 1 aliphatic rings. The summed E-state index contributed by atoms with van der Waals surface area (Å²) in [5.74, 6) is 0.746. The Labute approximate surface area is 182 Å². The minimum atomic E-state index is -0.561. The van der Waals surface area contributed by atoms with Crippen LogP contribution >= 0.6 is 0 Å². The van der Waals surface area contributed by atoms with Gasteiger partial charge in [0.25, 0.3) is 0 Å². The summed E-state index contributed by atoms with van der Waals surface area (Å²) in [6.45, 7) is 2.95. The third-order valence-electron chi connectivity index (χ3n) is 6.05. The van der Waals surface area contributed by atoms with E-state index in [1.54, 1.807) is 4.52 Å². The van der Waals surface area contributed by atoms with Crippen LogP contribution in [0, 0.1) is 5.92 Å². The van der Waals surface area contributed by atoms with Crippen LogP contribution in [-0.4, -0.2) is 37.7 Å². The van der Waals surface area contributed by atoms with Crippen molar-refractivity contribution in [3.63, 3.8) is 0 Å². The quantitative estimate of drug-likeness (QED) is 0.490. The van der Waals surface area contributed by atoms with E-state index in [0.717, 1.165) is 49.5 Å². The van der Waals surface area contributed by atoms with Gasteiger partial charge in [-0.2, -0.15) is 4.98 Å². The summed E-state index contributed by atoms with van der Waals surface area (Å²) in [4.78, 5) is 7.05. The monoisotopic (exact) mass is 413 g/mol. The number of aliphatic hydroxyl groups excluding tert-OH is 1. The Morgan fingerprint density at radius 2 is 1.61 bits per heavy atom. The van der Waals surface area contributed by atoms with Gasteiger partial charge in [0, 0.05) is 12.2 Å². The predicted octanol–water partition coefficient (Wildman–Crippen LogP) is 4.42. The molecular weight excluding hydrogens is 386 g/mol. The van der Waals surface area contributed by atoms with Gasteiger partial charge in [0.1, 0.15) is 0 Å². The molecule has 1 saturated heterocycles. The van der Waals surface area contributed by atoms with Crippen molar-refractivity contribution in [1.29, 1.82) is 0 Å². The van der Waals surface area contributed by atoms with Crippen molar-refractivity contribution in [3.8, 4) is 0 Å². The number of rotatable bonds is 6. The molecule has 0 bridgehead atoms. The lowest BCUT2D eigenvalue weighted by atomic mass is 9.89. The normalized spacial score (nSPS) is 16.4. The molecule has 3 heterocycles. The Hall–Kier alpha value is -3.22. The number of fused-ring (bicyclic) bond motifs is 1. The summed E-state index contributed by atoms with van der Waals surface area (Å²) in [7, 11) is 0. The molecule has 158 valence electrons. The fourth-order valence-corrected chi connectivity index (χ4v) is 4.36. The van der Waals surface area contributed by atoms with Crippen molar-refractivity contribution in [2.45, 2.75) is 25.5 Å². The molecule has 2 aromatic heterocycles. The highest BCUT2D eigenvalue weighted by Gasteiger charge is 2.28. The highest BCUT2D eigenvalue weighted by Crippen LogP contribution is 2.31. The van der Waals surface area contributed by atoms with Crippen LogP contribution in [0.4, 0.5) is 11.6 Å². The average Bonchev–Trinajstić information content (AvgIpc) is 3.23. The smallest absolute Gasteiger partial charge is 0.247 e. The van der Waals surface area contributed by atoms with E-state index in [0.29, 0.717) is 5.95 Å². The van der Waals surface area contributed by atoms with Gasteiger partial charge in [-0.1, -0.05) is 54.6 Å². The lowest BCUT2D eigenvalue weighted by Gasteiger charge is -2.34. The van der Waals surface area contributed by atoms with E-state index in [9.17, 15) is 5.11 Å².